The minimum Gasteiger partial charge on any atom is -0.396 e. The van der Waals surface area contributed by atoms with Crippen LogP contribution in [0, 0.1) is 12.8 Å². The fraction of sp³-hybridized carbons (Fsp3) is 0.464. The van der Waals surface area contributed by atoms with Gasteiger partial charge in [0.25, 0.3) is 0 Å². The lowest BCUT2D eigenvalue weighted by atomic mass is 9.84. The van der Waals surface area contributed by atoms with Crippen molar-refractivity contribution in [3.8, 4) is 0 Å². The predicted octanol–water partition coefficient (Wildman–Crippen LogP) is 6.63. The van der Waals surface area contributed by atoms with Gasteiger partial charge in [0, 0.05) is 35.8 Å². The van der Waals surface area contributed by atoms with Crippen LogP contribution in [0.3, 0.4) is 0 Å². The van der Waals surface area contributed by atoms with E-state index in [1.54, 1.807) is 6.07 Å². The standard InChI is InChI=1S/C28H35Cl2N3O/c1-19-14-23(22-10-12-33(13-11-22)26-5-3-4-21(15-26)18-34)6-7-24(19)17-31-32-20(2)27-9-8-25(29)16-28(27)30/h6-10,14,16-17,20-21,26,32,34H,3-5,11-13,15,18H2,1-2H3/b31-17-/t20-,21?,26?/m1/s1. The number of hydrogen-bond acceptors (Lipinski definition) is 4. The summed E-state index contributed by atoms with van der Waals surface area (Å²) in [5.41, 5.74) is 9.18. The van der Waals surface area contributed by atoms with Gasteiger partial charge in [-0.15, -0.1) is 0 Å². The van der Waals surface area contributed by atoms with Crippen LogP contribution in [0.15, 0.2) is 47.6 Å². The Labute approximate surface area is 213 Å². The summed E-state index contributed by atoms with van der Waals surface area (Å²) in [6.07, 6.45) is 10.2. The molecule has 4 nitrogen and oxygen atoms in total. The van der Waals surface area contributed by atoms with Gasteiger partial charge >= 0.3 is 0 Å². The normalized spacial score (nSPS) is 22.6. The van der Waals surface area contributed by atoms with Crippen LogP contribution in [0.2, 0.25) is 10.0 Å². The van der Waals surface area contributed by atoms with Gasteiger partial charge < -0.3 is 10.5 Å². The smallest absolute Gasteiger partial charge is 0.0675 e. The molecule has 4 rings (SSSR count). The van der Waals surface area contributed by atoms with E-state index in [0.717, 1.165) is 37.1 Å². The number of rotatable bonds is 7. The number of aryl methyl sites for hydroxylation is 1. The van der Waals surface area contributed by atoms with E-state index in [9.17, 15) is 5.11 Å². The van der Waals surface area contributed by atoms with Gasteiger partial charge in [0.15, 0.2) is 0 Å². The fourth-order valence-electron chi connectivity index (χ4n) is 5.20. The molecular weight excluding hydrogens is 465 g/mol. The first-order chi connectivity index (χ1) is 16.4. The van der Waals surface area contributed by atoms with Gasteiger partial charge in [-0.2, -0.15) is 5.10 Å². The van der Waals surface area contributed by atoms with Crippen molar-refractivity contribution in [2.75, 3.05) is 19.7 Å². The highest BCUT2D eigenvalue weighted by Crippen LogP contribution is 2.31. The second-order valence-corrected chi connectivity index (χ2v) is 10.5. The number of aliphatic hydroxyl groups excluding tert-OH is 1. The predicted molar refractivity (Wildman–Crippen MR) is 144 cm³/mol. The zero-order valence-corrected chi connectivity index (χ0v) is 21.6. The van der Waals surface area contributed by atoms with E-state index in [2.05, 4.69) is 46.6 Å². The fourth-order valence-corrected chi connectivity index (χ4v) is 5.77. The molecule has 2 aliphatic rings. The number of nitrogens with zero attached hydrogens (tertiary/aromatic N) is 2. The van der Waals surface area contributed by atoms with E-state index >= 15 is 0 Å². The average molecular weight is 501 g/mol. The zero-order valence-electron chi connectivity index (χ0n) is 20.1. The molecule has 3 atom stereocenters. The Kier molecular flexibility index (Phi) is 8.70. The molecule has 34 heavy (non-hydrogen) atoms. The molecule has 2 N–H and O–H groups in total. The van der Waals surface area contributed by atoms with Crippen molar-refractivity contribution in [2.45, 2.75) is 58.0 Å². The Morgan fingerprint density at radius 3 is 2.76 bits per heavy atom. The van der Waals surface area contributed by atoms with Crippen LogP contribution >= 0.6 is 23.2 Å². The number of aliphatic hydroxyl groups is 1. The minimum absolute atomic E-state index is 0.0206. The lowest BCUT2D eigenvalue weighted by Crippen LogP contribution is -2.41. The van der Waals surface area contributed by atoms with Crippen LogP contribution in [-0.2, 0) is 0 Å². The van der Waals surface area contributed by atoms with Gasteiger partial charge in [0.05, 0.1) is 12.3 Å². The van der Waals surface area contributed by atoms with Crippen LogP contribution in [0.4, 0.5) is 0 Å². The highest BCUT2D eigenvalue weighted by Gasteiger charge is 2.27. The maximum Gasteiger partial charge on any atom is 0.0675 e. The Morgan fingerprint density at radius 1 is 1.21 bits per heavy atom. The van der Waals surface area contributed by atoms with Gasteiger partial charge in [-0.25, -0.2) is 0 Å². The van der Waals surface area contributed by atoms with Crippen LogP contribution < -0.4 is 5.43 Å². The Morgan fingerprint density at radius 2 is 2.06 bits per heavy atom. The van der Waals surface area contributed by atoms with Crippen LogP contribution in [0.1, 0.15) is 67.3 Å². The van der Waals surface area contributed by atoms with Crippen LogP contribution in [0.25, 0.3) is 5.57 Å². The number of nitrogens with one attached hydrogen (secondary N) is 1. The Balaban J connectivity index is 1.35. The SMILES string of the molecule is Cc1cc(C2=CCN(C3CCCC(CO)C3)CC2)ccc1/C=N\N[C@H](C)c1ccc(Cl)cc1Cl. The average Bonchev–Trinajstić information content (AvgIpc) is 2.85. The third-order valence-corrected chi connectivity index (χ3v) is 7.87. The molecule has 6 heteroatoms. The van der Waals surface area contributed by atoms with Crippen molar-refractivity contribution in [1.29, 1.82) is 0 Å². The zero-order chi connectivity index (χ0) is 24.1. The molecule has 1 heterocycles. The van der Waals surface area contributed by atoms with Crippen molar-refractivity contribution < 1.29 is 5.11 Å². The van der Waals surface area contributed by atoms with Crippen LogP contribution in [-0.4, -0.2) is 42.0 Å². The molecule has 1 aliphatic heterocycles. The van der Waals surface area contributed by atoms with E-state index in [1.165, 1.54) is 36.0 Å². The van der Waals surface area contributed by atoms with E-state index in [0.29, 0.717) is 28.6 Å². The van der Waals surface area contributed by atoms with Crippen LogP contribution in [0.5, 0.6) is 0 Å². The summed E-state index contributed by atoms with van der Waals surface area (Å²) in [6, 6.07) is 12.8. The number of hydrogen-bond donors (Lipinski definition) is 2. The lowest BCUT2D eigenvalue weighted by Gasteiger charge is -2.38. The molecule has 2 aromatic rings. The molecule has 2 unspecified atom stereocenters. The van der Waals surface area contributed by atoms with Crippen molar-refractivity contribution >= 4 is 35.0 Å². The highest BCUT2D eigenvalue weighted by molar-refractivity contribution is 6.35. The second kappa shape index (κ2) is 11.7. The molecule has 182 valence electrons. The minimum atomic E-state index is -0.0206. The summed E-state index contributed by atoms with van der Waals surface area (Å²) in [5, 5.41) is 15.3. The number of benzene rings is 2. The first-order valence-corrected chi connectivity index (χ1v) is 13.1. The van der Waals surface area contributed by atoms with E-state index in [4.69, 9.17) is 23.2 Å². The monoisotopic (exact) mass is 499 g/mol. The van der Waals surface area contributed by atoms with E-state index < -0.39 is 0 Å². The molecule has 0 radical (unpaired) electrons. The lowest BCUT2D eigenvalue weighted by molar-refractivity contribution is 0.108. The molecule has 0 amide bonds. The topological polar surface area (TPSA) is 47.9 Å². The van der Waals surface area contributed by atoms with Gasteiger partial charge in [-0.3, -0.25) is 4.90 Å². The molecule has 0 spiro atoms. The van der Waals surface area contributed by atoms with Gasteiger partial charge in [-0.1, -0.05) is 60.0 Å². The Hall–Kier alpha value is -1.85. The molecule has 0 bridgehead atoms. The highest BCUT2D eigenvalue weighted by atomic mass is 35.5. The quantitative estimate of drug-likeness (QED) is 0.332. The summed E-state index contributed by atoms with van der Waals surface area (Å²) in [7, 11) is 0. The first-order valence-electron chi connectivity index (χ1n) is 12.3. The van der Waals surface area contributed by atoms with Gasteiger partial charge in [0.2, 0.25) is 0 Å². The molecule has 1 fully saturated rings. The van der Waals surface area contributed by atoms with Gasteiger partial charge in [-0.05, 0) is 85.4 Å². The summed E-state index contributed by atoms with van der Waals surface area (Å²) < 4.78 is 0. The molecule has 1 aliphatic carbocycles. The van der Waals surface area contributed by atoms with Crippen molar-refractivity contribution in [3.05, 3.63) is 74.8 Å². The van der Waals surface area contributed by atoms with Crippen molar-refractivity contribution in [3.63, 3.8) is 0 Å². The van der Waals surface area contributed by atoms with Gasteiger partial charge in [0.1, 0.15) is 0 Å². The maximum absolute atomic E-state index is 9.55. The molecule has 1 saturated carbocycles. The van der Waals surface area contributed by atoms with Crippen molar-refractivity contribution in [2.24, 2.45) is 11.0 Å². The summed E-state index contributed by atoms with van der Waals surface area (Å²) in [5.74, 6) is 0.488. The maximum atomic E-state index is 9.55. The molecular formula is C28H35Cl2N3O. The molecule has 0 aromatic heterocycles. The third-order valence-electron chi connectivity index (χ3n) is 7.31. The summed E-state index contributed by atoms with van der Waals surface area (Å²) in [4.78, 5) is 2.61. The second-order valence-electron chi connectivity index (χ2n) is 9.69. The largest absolute Gasteiger partial charge is 0.396 e. The number of halogens is 2. The molecule has 2 aromatic carbocycles. The van der Waals surface area contributed by atoms with E-state index in [-0.39, 0.29) is 6.04 Å². The number of hydrazone groups is 1. The first kappa shape index (κ1) is 25.2. The van der Waals surface area contributed by atoms with Crippen molar-refractivity contribution in [1.82, 2.24) is 10.3 Å². The Bertz CT molecular complexity index is 1050. The summed E-state index contributed by atoms with van der Waals surface area (Å²) in [6.45, 7) is 6.61. The molecule has 0 saturated heterocycles. The summed E-state index contributed by atoms with van der Waals surface area (Å²) >= 11 is 12.3. The third kappa shape index (κ3) is 6.23. The van der Waals surface area contributed by atoms with E-state index in [1.807, 2.05) is 25.3 Å².